The molecule has 2 saturated heterocycles. The Morgan fingerprint density at radius 2 is 1.50 bits per heavy atom. The number of amides is 2. The van der Waals surface area contributed by atoms with Crippen LogP contribution in [-0.4, -0.2) is 60.4 Å². The zero-order valence-corrected chi connectivity index (χ0v) is 18.1. The van der Waals surface area contributed by atoms with E-state index >= 15 is 0 Å². The van der Waals surface area contributed by atoms with Gasteiger partial charge in [-0.25, -0.2) is 0 Å². The Morgan fingerprint density at radius 1 is 0.933 bits per heavy atom. The number of halogens is 1. The van der Waals surface area contributed by atoms with Crippen LogP contribution in [0.15, 0.2) is 60.7 Å². The van der Waals surface area contributed by atoms with E-state index in [4.69, 9.17) is 5.73 Å². The summed E-state index contributed by atoms with van der Waals surface area (Å²) in [6.07, 6.45) is 0.820. The van der Waals surface area contributed by atoms with Crippen molar-refractivity contribution in [3.8, 4) is 0 Å². The fourth-order valence-electron chi connectivity index (χ4n) is 4.34. The van der Waals surface area contributed by atoms with Gasteiger partial charge in [0.05, 0.1) is 6.04 Å². The first kappa shape index (κ1) is 22.3. The molecule has 2 aliphatic rings. The van der Waals surface area contributed by atoms with Gasteiger partial charge in [0.2, 0.25) is 11.8 Å². The molecule has 2 fully saturated rings. The number of carbonyl (C=O) groups excluding carboxylic acids is 2. The molecule has 0 aliphatic carbocycles. The van der Waals surface area contributed by atoms with Gasteiger partial charge in [-0.05, 0) is 31.0 Å². The standard InChI is InChI=1S/C23H28N4O2.ClH/c1-23(24,18-8-4-2-5-9-18)22(29)26-16-14-25(15-17-26)20-12-13-27(21(20)28)19-10-6-3-7-11-19;/h2-11,20H,12-17,24H2,1H3;1H. The smallest absolute Gasteiger partial charge is 0.247 e. The molecule has 30 heavy (non-hydrogen) atoms. The zero-order valence-electron chi connectivity index (χ0n) is 17.2. The van der Waals surface area contributed by atoms with Crippen molar-refractivity contribution in [2.75, 3.05) is 37.6 Å². The van der Waals surface area contributed by atoms with Crippen molar-refractivity contribution in [1.29, 1.82) is 0 Å². The maximum absolute atomic E-state index is 13.1. The lowest BCUT2D eigenvalue weighted by atomic mass is 9.91. The van der Waals surface area contributed by atoms with Crippen LogP contribution < -0.4 is 10.6 Å². The van der Waals surface area contributed by atoms with Crippen LogP contribution in [0.2, 0.25) is 0 Å². The van der Waals surface area contributed by atoms with Crippen molar-refractivity contribution in [2.45, 2.75) is 24.9 Å². The highest BCUT2D eigenvalue weighted by Gasteiger charge is 2.40. The molecule has 2 amide bonds. The topological polar surface area (TPSA) is 69.9 Å². The van der Waals surface area contributed by atoms with E-state index in [0.29, 0.717) is 26.2 Å². The number of piperazine rings is 1. The lowest BCUT2D eigenvalue weighted by Crippen LogP contribution is -2.58. The third kappa shape index (κ3) is 4.21. The van der Waals surface area contributed by atoms with Gasteiger partial charge in [-0.3, -0.25) is 14.5 Å². The minimum atomic E-state index is -1.04. The van der Waals surface area contributed by atoms with Gasteiger partial charge in [0, 0.05) is 38.4 Å². The second-order valence-corrected chi connectivity index (χ2v) is 8.03. The first-order chi connectivity index (χ1) is 14.0. The fourth-order valence-corrected chi connectivity index (χ4v) is 4.34. The van der Waals surface area contributed by atoms with Gasteiger partial charge in [0.15, 0.2) is 0 Å². The summed E-state index contributed by atoms with van der Waals surface area (Å²) in [6, 6.07) is 19.2. The number of hydrogen-bond acceptors (Lipinski definition) is 4. The fraction of sp³-hybridized carbons (Fsp3) is 0.391. The normalized spacial score (nSPS) is 21.8. The minimum Gasteiger partial charge on any atom is -0.338 e. The van der Waals surface area contributed by atoms with E-state index < -0.39 is 5.54 Å². The third-order valence-electron chi connectivity index (χ3n) is 6.11. The average molecular weight is 429 g/mol. The molecule has 0 saturated carbocycles. The van der Waals surface area contributed by atoms with Crippen LogP contribution in [-0.2, 0) is 15.1 Å². The predicted octanol–water partition coefficient (Wildman–Crippen LogP) is 2.23. The first-order valence-electron chi connectivity index (χ1n) is 10.2. The van der Waals surface area contributed by atoms with E-state index in [2.05, 4.69) is 4.90 Å². The van der Waals surface area contributed by atoms with Gasteiger partial charge in [-0.1, -0.05) is 48.5 Å². The summed E-state index contributed by atoms with van der Waals surface area (Å²) in [7, 11) is 0. The lowest BCUT2D eigenvalue weighted by Gasteiger charge is -2.40. The molecule has 0 aromatic heterocycles. The van der Waals surface area contributed by atoms with Crippen LogP contribution >= 0.6 is 12.4 Å². The van der Waals surface area contributed by atoms with Crippen LogP contribution in [0.25, 0.3) is 0 Å². The lowest BCUT2D eigenvalue weighted by molar-refractivity contribution is -0.139. The number of para-hydroxylation sites is 1. The van der Waals surface area contributed by atoms with E-state index in [1.807, 2.05) is 70.5 Å². The SMILES string of the molecule is CC(N)(C(=O)N1CCN(C2CCN(c3ccccc3)C2=O)CC1)c1ccccc1.Cl. The Bertz CT molecular complexity index is 867. The largest absolute Gasteiger partial charge is 0.338 e. The third-order valence-corrected chi connectivity index (χ3v) is 6.11. The average Bonchev–Trinajstić information content (AvgIpc) is 3.16. The van der Waals surface area contributed by atoms with E-state index in [-0.39, 0.29) is 30.3 Å². The highest BCUT2D eigenvalue weighted by Crippen LogP contribution is 2.26. The molecule has 2 N–H and O–H groups in total. The van der Waals surface area contributed by atoms with Crippen LogP contribution in [0.1, 0.15) is 18.9 Å². The van der Waals surface area contributed by atoms with Crippen molar-refractivity contribution >= 4 is 29.9 Å². The molecule has 2 heterocycles. The molecule has 2 unspecified atom stereocenters. The number of nitrogens with zero attached hydrogens (tertiary/aromatic N) is 3. The number of hydrogen-bond donors (Lipinski definition) is 1. The molecule has 2 atom stereocenters. The Balaban J connectivity index is 0.00000256. The predicted molar refractivity (Wildman–Crippen MR) is 121 cm³/mol. The van der Waals surface area contributed by atoms with Crippen LogP contribution in [0.4, 0.5) is 5.69 Å². The summed E-state index contributed by atoms with van der Waals surface area (Å²) < 4.78 is 0. The Labute approximate surface area is 184 Å². The second-order valence-electron chi connectivity index (χ2n) is 8.03. The molecule has 4 rings (SSSR count). The molecular weight excluding hydrogens is 400 g/mol. The Morgan fingerprint density at radius 3 is 2.10 bits per heavy atom. The number of benzene rings is 2. The molecule has 0 radical (unpaired) electrons. The number of rotatable bonds is 4. The van der Waals surface area contributed by atoms with Crippen LogP contribution in [0, 0.1) is 0 Å². The van der Waals surface area contributed by atoms with Crippen LogP contribution in [0.3, 0.4) is 0 Å². The minimum absolute atomic E-state index is 0. The molecule has 6 nitrogen and oxygen atoms in total. The van der Waals surface area contributed by atoms with Gasteiger partial charge in [0.1, 0.15) is 5.54 Å². The highest BCUT2D eigenvalue weighted by molar-refractivity contribution is 5.99. The second kappa shape index (κ2) is 9.16. The van der Waals surface area contributed by atoms with Crippen molar-refractivity contribution < 1.29 is 9.59 Å². The molecule has 2 aromatic carbocycles. The number of anilines is 1. The van der Waals surface area contributed by atoms with E-state index in [9.17, 15) is 9.59 Å². The quantitative estimate of drug-likeness (QED) is 0.810. The molecular formula is C23H29ClN4O2. The van der Waals surface area contributed by atoms with Gasteiger partial charge in [0.25, 0.3) is 0 Å². The van der Waals surface area contributed by atoms with Crippen molar-refractivity contribution in [1.82, 2.24) is 9.80 Å². The number of nitrogens with two attached hydrogens (primary N) is 1. The highest BCUT2D eigenvalue weighted by atomic mass is 35.5. The van der Waals surface area contributed by atoms with Gasteiger partial charge in [-0.15, -0.1) is 12.4 Å². The van der Waals surface area contributed by atoms with E-state index in [0.717, 1.165) is 24.2 Å². The summed E-state index contributed by atoms with van der Waals surface area (Å²) in [5, 5.41) is 0. The Kier molecular flexibility index (Phi) is 6.81. The van der Waals surface area contributed by atoms with Crippen molar-refractivity contribution in [2.24, 2.45) is 5.73 Å². The van der Waals surface area contributed by atoms with E-state index in [1.54, 1.807) is 6.92 Å². The summed E-state index contributed by atoms with van der Waals surface area (Å²) in [5.41, 5.74) is 7.13. The van der Waals surface area contributed by atoms with Crippen molar-refractivity contribution in [3.63, 3.8) is 0 Å². The van der Waals surface area contributed by atoms with Crippen molar-refractivity contribution in [3.05, 3.63) is 66.2 Å². The summed E-state index contributed by atoms with van der Waals surface area (Å²) in [5.74, 6) is 0.0935. The molecule has 0 bridgehead atoms. The maximum Gasteiger partial charge on any atom is 0.247 e. The summed E-state index contributed by atoms with van der Waals surface area (Å²) in [4.78, 5) is 31.9. The molecule has 0 spiro atoms. The maximum atomic E-state index is 13.1. The van der Waals surface area contributed by atoms with Gasteiger partial charge in [-0.2, -0.15) is 0 Å². The van der Waals surface area contributed by atoms with Gasteiger partial charge >= 0.3 is 0 Å². The van der Waals surface area contributed by atoms with Crippen LogP contribution in [0.5, 0.6) is 0 Å². The van der Waals surface area contributed by atoms with E-state index in [1.165, 1.54) is 0 Å². The zero-order chi connectivity index (χ0) is 20.4. The number of carbonyl (C=O) groups is 2. The van der Waals surface area contributed by atoms with Gasteiger partial charge < -0.3 is 15.5 Å². The monoisotopic (exact) mass is 428 g/mol. The molecule has 2 aromatic rings. The first-order valence-corrected chi connectivity index (χ1v) is 10.2. The Hall–Kier alpha value is -2.41. The molecule has 7 heteroatoms. The summed E-state index contributed by atoms with van der Waals surface area (Å²) >= 11 is 0. The molecule has 160 valence electrons. The molecule has 2 aliphatic heterocycles. The summed E-state index contributed by atoms with van der Waals surface area (Å²) in [6.45, 7) is 5.07.